The van der Waals surface area contributed by atoms with E-state index in [-0.39, 0.29) is 11.1 Å². The molecule has 4 heteroatoms. The fourth-order valence-corrected chi connectivity index (χ4v) is 3.47. The van der Waals surface area contributed by atoms with Crippen molar-refractivity contribution >= 4 is 11.9 Å². The molecule has 0 aliphatic carbocycles. The Kier molecular flexibility index (Phi) is 5.83. The van der Waals surface area contributed by atoms with Crippen molar-refractivity contribution in [3.8, 4) is 34.1 Å². The van der Waals surface area contributed by atoms with Gasteiger partial charge in [-0.25, -0.2) is 9.59 Å². The molecule has 0 amide bonds. The van der Waals surface area contributed by atoms with Crippen LogP contribution in [0.25, 0.3) is 22.3 Å². The van der Waals surface area contributed by atoms with Gasteiger partial charge in [-0.3, -0.25) is 0 Å². The third-order valence-corrected chi connectivity index (χ3v) is 5.02. The van der Waals surface area contributed by atoms with Crippen LogP contribution >= 0.6 is 0 Å². The van der Waals surface area contributed by atoms with Gasteiger partial charge >= 0.3 is 11.9 Å². The van der Waals surface area contributed by atoms with E-state index < -0.39 is 11.9 Å². The number of carboxylic acid groups (broad SMARTS) is 2. The Morgan fingerprint density at radius 3 is 2.06 bits per heavy atom. The molecule has 0 heterocycles. The monoisotopic (exact) mass is 418 g/mol. The molecule has 0 saturated heterocycles. The first-order valence-corrected chi connectivity index (χ1v) is 9.90. The number of benzene rings is 4. The number of carbonyl (C=O) groups is 2. The van der Waals surface area contributed by atoms with Crippen LogP contribution in [0.3, 0.4) is 0 Å². The molecule has 0 aromatic heterocycles. The van der Waals surface area contributed by atoms with Crippen molar-refractivity contribution in [2.75, 3.05) is 0 Å². The summed E-state index contributed by atoms with van der Waals surface area (Å²) in [6, 6.07) is 29.0. The number of hydrogen-bond acceptors (Lipinski definition) is 2. The Balaban J connectivity index is 1.75. The van der Waals surface area contributed by atoms with Gasteiger partial charge in [-0.05, 0) is 58.7 Å². The minimum absolute atomic E-state index is 0.0262. The summed E-state index contributed by atoms with van der Waals surface area (Å²) in [5, 5.41) is 18.8. The van der Waals surface area contributed by atoms with E-state index in [0.717, 1.165) is 16.7 Å². The largest absolute Gasteiger partial charge is 0.478 e. The second-order valence-corrected chi connectivity index (χ2v) is 7.11. The van der Waals surface area contributed by atoms with Crippen LogP contribution in [-0.4, -0.2) is 22.2 Å². The molecule has 0 spiro atoms. The number of hydrogen-bond donors (Lipinski definition) is 2. The molecule has 0 radical (unpaired) electrons. The quantitative estimate of drug-likeness (QED) is 0.410. The Labute approximate surface area is 185 Å². The van der Waals surface area contributed by atoms with E-state index in [0.29, 0.717) is 16.7 Å². The molecule has 4 aromatic rings. The third kappa shape index (κ3) is 4.43. The lowest BCUT2D eigenvalue weighted by Gasteiger charge is -2.08. The summed E-state index contributed by atoms with van der Waals surface area (Å²) >= 11 is 0. The van der Waals surface area contributed by atoms with Gasteiger partial charge in [0.15, 0.2) is 0 Å². The lowest BCUT2D eigenvalue weighted by Crippen LogP contribution is -2.03. The molecular formula is C28H18O4. The van der Waals surface area contributed by atoms with E-state index in [4.69, 9.17) is 0 Å². The van der Waals surface area contributed by atoms with Gasteiger partial charge in [0.25, 0.3) is 0 Å². The fourth-order valence-electron chi connectivity index (χ4n) is 3.47. The molecule has 0 saturated carbocycles. The summed E-state index contributed by atoms with van der Waals surface area (Å²) in [6.07, 6.45) is 0. The predicted octanol–water partition coefficient (Wildman–Crippen LogP) is 5.82. The third-order valence-electron chi connectivity index (χ3n) is 5.02. The van der Waals surface area contributed by atoms with E-state index in [1.165, 1.54) is 18.2 Å². The van der Waals surface area contributed by atoms with Crippen molar-refractivity contribution in [3.63, 3.8) is 0 Å². The minimum atomic E-state index is -1.12. The van der Waals surface area contributed by atoms with Crippen LogP contribution in [0.15, 0.2) is 97.1 Å². The average molecular weight is 418 g/mol. The highest BCUT2D eigenvalue weighted by Crippen LogP contribution is 2.27. The van der Waals surface area contributed by atoms with Gasteiger partial charge in [-0.15, -0.1) is 0 Å². The first-order valence-electron chi connectivity index (χ1n) is 9.90. The van der Waals surface area contributed by atoms with E-state index >= 15 is 0 Å². The van der Waals surface area contributed by atoms with Crippen LogP contribution in [0.1, 0.15) is 31.8 Å². The summed E-state index contributed by atoms with van der Waals surface area (Å²) in [5.74, 6) is 4.13. The normalized spacial score (nSPS) is 10.1. The molecule has 0 aliphatic rings. The lowest BCUT2D eigenvalue weighted by atomic mass is 9.95. The highest BCUT2D eigenvalue weighted by Gasteiger charge is 2.15. The average Bonchev–Trinajstić information content (AvgIpc) is 2.83. The minimum Gasteiger partial charge on any atom is -0.478 e. The summed E-state index contributed by atoms with van der Waals surface area (Å²) in [4.78, 5) is 23.0. The molecule has 4 rings (SSSR count). The smallest absolute Gasteiger partial charge is 0.336 e. The summed E-state index contributed by atoms with van der Waals surface area (Å²) in [5.41, 5.74) is 4.67. The van der Waals surface area contributed by atoms with Gasteiger partial charge in [0, 0.05) is 11.1 Å². The molecule has 0 fully saturated rings. The SMILES string of the molecule is O=C(O)c1ccc(C(=O)O)c(-c2cccc(C#Cc3ccccc3-c3ccccc3)c2)c1. The molecule has 0 unspecified atom stereocenters. The topological polar surface area (TPSA) is 74.6 Å². The number of aromatic carboxylic acids is 2. The molecule has 154 valence electrons. The van der Waals surface area contributed by atoms with Gasteiger partial charge in [0.1, 0.15) is 0 Å². The summed E-state index contributed by atoms with van der Waals surface area (Å²) in [6.45, 7) is 0. The van der Waals surface area contributed by atoms with Crippen molar-refractivity contribution < 1.29 is 19.8 Å². The maximum atomic E-state index is 11.7. The molecule has 0 atom stereocenters. The van der Waals surface area contributed by atoms with E-state index in [2.05, 4.69) is 11.8 Å². The first-order chi connectivity index (χ1) is 15.5. The molecule has 2 N–H and O–H groups in total. The second kappa shape index (κ2) is 9.03. The van der Waals surface area contributed by atoms with E-state index in [1.807, 2.05) is 60.7 Å². The summed E-state index contributed by atoms with van der Waals surface area (Å²) < 4.78 is 0. The fraction of sp³-hybridized carbons (Fsp3) is 0. The highest BCUT2D eigenvalue weighted by atomic mass is 16.4. The van der Waals surface area contributed by atoms with Crippen LogP contribution < -0.4 is 0 Å². The zero-order valence-corrected chi connectivity index (χ0v) is 16.9. The Hall–Kier alpha value is -4.62. The number of rotatable bonds is 4. The van der Waals surface area contributed by atoms with Gasteiger partial charge in [0.05, 0.1) is 11.1 Å². The van der Waals surface area contributed by atoms with E-state index in [1.54, 1.807) is 18.2 Å². The van der Waals surface area contributed by atoms with Crippen LogP contribution in [-0.2, 0) is 0 Å². The van der Waals surface area contributed by atoms with Crippen molar-refractivity contribution in [3.05, 3.63) is 119 Å². The van der Waals surface area contributed by atoms with Gasteiger partial charge < -0.3 is 10.2 Å². The molecule has 0 aliphatic heterocycles. The molecule has 32 heavy (non-hydrogen) atoms. The molecule has 4 aromatic carbocycles. The van der Waals surface area contributed by atoms with Crippen molar-refractivity contribution in [1.82, 2.24) is 0 Å². The summed E-state index contributed by atoms with van der Waals surface area (Å²) in [7, 11) is 0. The number of carboxylic acids is 2. The first kappa shape index (κ1) is 20.6. The lowest BCUT2D eigenvalue weighted by molar-refractivity contribution is 0.0682. The zero-order valence-electron chi connectivity index (χ0n) is 16.9. The second-order valence-electron chi connectivity index (χ2n) is 7.11. The molecule has 0 bridgehead atoms. The van der Waals surface area contributed by atoms with Crippen molar-refractivity contribution in [1.29, 1.82) is 0 Å². The van der Waals surface area contributed by atoms with Crippen LogP contribution in [0.5, 0.6) is 0 Å². The van der Waals surface area contributed by atoms with Gasteiger partial charge in [0.2, 0.25) is 0 Å². The predicted molar refractivity (Wildman–Crippen MR) is 124 cm³/mol. The maximum absolute atomic E-state index is 11.7. The van der Waals surface area contributed by atoms with Crippen molar-refractivity contribution in [2.45, 2.75) is 0 Å². The van der Waals surface area contributed by atoms with Crippen LogP contribution in [0.2, 0.25) is 0 Å². The Morgan fingerprint density at radius 2 is 1.31 bits per heavy atom. The zero-order chi connectivity index (χ0) is 22.5. The maximum Gasteiger partial charge on any atom is 0.336 e. The Morgan fingerprint density at radius 1 is 0.594 bits per heavy atom. The van der Waals surface area contributed by atoms with E-state index in [9.17, 15) is 19.8 Å². The molecule has 4 nitrogen and oxygen atoms in total. The van der Waals surface area contributed by atoms with Crippen LogP contribution in [0, 0.1) is 11.8 Å². The van der Waals surface area contributed by atoms with Gasteiger partial charge in [-0.1, -0.05) is 72.5 Å². The van der Waals surface area contributed by atoms with Crippen LogP contribution in [0.4, 0.5) is 0 Å². The Bertz CT molecular complexity index is 1380. The standard InChI is InChI=1S/C28H18O4/c29-27(30)23-15-16-25(28(31)32)26(18-23)22-11-6-7-19(17-22)13-14-21-10-4-5-12-24(21)20-8-2-1-3-9-20/h1-12,15-18H,(H,29,30)(H,31,32). The van der Waals surface area contributed by atoms with Crippen molar-refractivity contribution in [2.24, 2.45) is 0 Å². The highest BCUT2D eigenvalue weighted by molar-refractivity contribution is 5.99. The molecular weight excluding hydrogens is 400 g/mol. The van der Waals surface area contributed by atoms with Gasteiger partial charge in [-0.2, -0.15) is 0 Å².